The van der Waals surface area contributed by atoms with Crippen molar-refractivity contribution in [2.75, 3.05) is 18.4 Å². The van der Waals surface area contributed by atoms with E-state index in [2.05, 4.69) is 36.2 Å². The number of aromatic nitrogens is 1. The van der Waals surface area contributed by atoms with Crippen LogP contribution in [0.4, 0.5) is 5.82 Å². The molecule has 1 aliphatic carbocycles. The first-order valence-electron chi connectivity index (χ1n) is 7.77. The van der Waals surface area contributed by atoms with E-state index in [1.54, 1.807) is 0 Å². The molecule has 1 heterocycles. The van der Waals surface area contributed by atoms with Gasteiger partial charge in [-0.3, -0.25) is 4.90 Å². The molecule has 1 aromatic heterocycles. The summed E-state index contributed by atoms with van der Waals surface area (Å²) in [6.07, 6.45) is 6.93. The Bertz CT molecular complexity index is 372. The van der Waals surface area contributed by atoms with Gasteiger partial charge in [0.1, 0.15) is 5.82 Å². The number of pyridine rings is 1. The Balaban J connectivity index is 1.98. The maximum absolute atomic E-state index is 4.69. The van der Waals surface area contributed by atoms with Crippen LogP contribution in [0.3, 0.4) is 0 Å². The van der Waals surface area contributed by atoms with Crippen LogP contribution in [-0.4, -0.2) is 29.0 Å². The Morgan fingerprint density at radius 2 is 2.00 bits per heavy atom. The Morgan fingerprint density at radius 1 is 1.21 bits per heavy atom. The second kappa shape index (κ2) is 7.49. The zero-order valence-electron chi connectivity index (χ0n) is 12.4. The Kier molecular flexibility index (Phi) is 5.64. The van der Waals surface area contributed by atoms with Crippen molar-refractivity contribution >= 4 is 5.82 Å². The van der Waals surface area contributed by atoms with E-state index in [1.165, 1.54) is 37.8 Å². The molecule has 0 atom stereocenters. The van der Waals surface area contributed by atoms with Crippen LogP contribution in [0, 0.1) is 0 Å². The van der Waals surface area contributed by atoms with Crippen LogP contribution in [-0.2, 0) is 6.54 Å². The van der Waals surface area contributed by atoms with Crippen LogP contribution in [0.2, 0.25) is 0 Å². The highest BCUT2D eigenvalue weighted by molar-refractivity contribution is 5.34. The summed E-state index contributed by atoms with van der Waals surface area (Å²) >= 11 is 0. The molecular weight excluding hydrogens is 234 g/mol. The van der Waals surface area contributed by atoms with Gasteiger partial charge in [-0.15, -0.1) is 0 Å². The molecule has 0 saturated heterocycles. The zero-order chi connectivity index (χ0) is 13.5. The van der Waals surface area contributed by atoms with Crippen molar-refractivity contribution in [1.82, 2.24) is 9.88 Å². The largest absolute Gasteiger partial charge is 0.370 e. The normalized spacial score (nSPS) is 16.8. The molecule has 3 heteroatoms. The van der Waals surface area contributed by atoms with E-state index in [9.17, 15) is 0 Å². The summed E-state index contributed by atoms with van der Waals surface area (Å²) in [5, 5.41) is 3.29. The monoisotopic (exact) mass is 261 g/mol. The molecule has 0 aliphatic heterocycles. The summed E-state index contributed by atoms with van der Waals surface area (Å²) in [5.74, 6) is 1.000. The molecule has 0 aromatic carbocycles. The smallest absolute Gasteiger partial charge is 0.126 e. The first-order valence-corrected chi connectivity index (χ1v) is 7.77. The molecule has 0 bridgehead atoms. The minimum atomic E-state index is 0.767. The minimum absolute atomic E-state index is 0.767. The van der Waals surface area contributed by atoms with Gasteiger partial charge < -0.3 is 5.32 Å². The quantitative estimate of drug-likeness (QED) is 0.847. The van der Waals surface area contributed by atoms with Gasteiger partial charge in [-0.05, 0) is 38.4 Å². The molecule has 106 valence electrons. The average Bonchev–Trinajstić information content (AvgIpc) is 2.46. The van der Waals surface area contributed by atoms with E-state index < -0.39 is 0 Å². The molecule has 0 spiro atoms. The predicted molar refractivity (Wildman–Crippen MR) is 81.4 cm³/mol. The molecule has 1 fully saturated rings. The fourth-order valence-electron chi connectivity index (χ4n) is 3.00. The summed E-state index contributed by atoms with van der Waals surface area (Å²) in [5.41, 5.74) is 1.19. The van der Waals surface area contributed by atoms with Gasteiger partial charge >= 0.3 is 0 Å². The van der Waals surface area contributed by atoms with E-state index in [-0.39, 0.29) is 0 Å². The molecule has 1 aliphatic rings. The van der Waals surface area contributed by atoms with Crippen LogP contribution in [0.1, 0.15) is 51.6 Å². The standard InChI is InChI=1S/C16H27N3/c1-3-17-16-12-8-9-14(18-16)13-19(4-2)15-10-6-5-7-11-15/h8-9,12,15H,3-7,10-11,13H2,1-2H3,(H,17,18). The lowest BCUT2D eigenvalue weighted by molar-refractivity contribution is 0.154. The van der Waals surface area contributed by atoms with Crippen molar-refractivity contribution in [2.45, 2.75) is 58.5 Å². The molecule has 1 aromatic rings. The molecule has 1 saturated carbocycles. The van der Waals surface area contributed by atoms with E-state index in [0.717, 1.165) is 31.5 Å². The number of nitrogens with one attached hydrogen (secondary N) is 1. The van der Waals surface area contributed by atoms with Crippen LogP contribution in [0.15, 0.2) is 18.2 Å². The summed E-state index contributed by atoms with van der Waals surface area (Å²) in [7, 11) is 0. The fraction of sp³-hybridized carbons (Fsp3) is 0.688. The molecular formula is C16H27N3. The number of hydrogen-bond acceptors (Lipinski definition) is 3. The van der Waals surface area contributed by atoms with Gasteiger partial charge in [0, 0.05) is 19.1 Å². The van der Waals surface area contributed by atoms with Gasteiger partial charge in [0.25, 0.3) is 0 Å². The fourth-order valence-corrected chi connectivity index (χ4v) is 3.00. The maximum atomic E-state index is 4.69. The summed E-state index contributed by atoms with van der Waals surface area (Å²) in [6, 6.07) is 7.06. The lowest BCUT2D eigenvalue weighted by atomic mass is 9.94. The third-order valence-electron chi connectivity index (χ3n) is 4.03. The third-order valence-corrected chi connectivity index (χ3v) is 4.03. The lowest BCUT2D eigenvalue weighted by Gasteiger charge is -2.33. The molecule has 2 rings (SSSR count). The third kappa shape index (κ3) is 4.20. The highest BCUT2D eigenvalue weighted by Gasteiger charge is 2.20. The SMILES string of the molecule is CCNc1cccc(CN(CC)C2CCCCC2)n1. The first-order chi connectivity index (χ1) is 9.33. The van der Waals surface area contributed by atoms with Crippen molar-refractivity contribution in [1.29, 1.82) is 0 Å². The number of hydrogen-bond donors (Lipinski definition) is 1. The van der Waals surface area contributed by atoms with Gasteiger partial charge in [-0.25, -0.2) is 4.98 Å². The minimum Gasteiger partial charge on any atom is -0.370 e. The van der Waals surface area contributed by atoms with Gasteiger partial charge in [0.2, 0.25) is 0 Å². The number of rotatable bonds is 6. The first kappa shape index (κ1) is 14.3. The molecule has 3 nitrogen and oxygen atoms in total. The summed E-state index contributed by atoms with van der Waals surface area (Å²) < 4.78 is 0. The van der Waals surface area contributed by atoms with Crippen molar-refractivity contribution < 1.29 is 0 Å². The second-order valence-electron chi connectivity index (χ2n) is 5.40. The maximum Gasteiger partial charge on any atom is 0.126 e. The lowest BCUT2D eigenvalue weighted by Crippen LogP contribution is -2.36. The van der Waals surface area contributed by atoms with Gasteiger partial charge in [-0.1, -0.05) is 32.3 Å². The molecule has 0 amide bonds. The van der Waals surface area contributed by atoms with Crippen LogP contribution in [0.25, 0.3) is 0 Å². The van der Waals surface area contributed by atoms with Crippen molar-refractivity contribution in [2.24, 2.45) is 0 Å². The van der Waals surface area contributed by atoms with Crippen LogP contribution >= 0.6 is 0 Å². The topological polar surface area (TPSA) is 28.2 Å². The van der Waals surface area contributed by atoms with Gasteiger partial charge in [0.15, 0.2) is 0 Å². The van der Waals surface area contributed by atoms with Gasteiger partial charge in [-0.2, -0.15) is 0 Å². The van der Waals surface area contributed by atoms with E-state index in [4.69, 9.17) is 4.98 Å². The molecule has 1 N–H and O–H groups in total. The van der Waals surface area contributed by atoms with Crippen molar-refractivity contribution in [3.8, 4) is 0 Å². The molecule has 0 radical (unpaired) electrons. The van der Waals surface area contributed by atoms with E-state index >= 15 is 0 Å². The van der Waals surface area contributed by atoms with Crippen molar-refractivity contribution in [3.05, 3.63) is 23.9 Å². The highest BCUT2D eigenvalue weighted by atomic mass is 15.2. The van der Waals surface area contributed by atoms with Gasteiger partial charge in [0.05, 0.1) is 5.69 Å². The number of anilines is 1. The molecule has 19 heavy (non-hydrogen) atoms. The highest BCUT2D eigenvalue weighted by Crippen LogP contribution is 2.23. The summed E-state index contributed by atoms with van der Waals surface area (Å²) in [6.45, 7) is 7.41. The van der Waals surface area contributed by atoms with Crippen LogP contribution < -0.4 is 5.32 Å². The predicted octanol–water partition coefficient (Wildman–Crippen LogP) is 3.67. The van der Waals surface area contributed by atoms with Crippen molar-refractivity contribution in [3.63, 3.8) is 0 Å². The zero-order valence-corrected chi connectivity index (χ0v) is 12.4. The Hall–Kier alpha value is -1.09. The Morgan fingerprint density at radius 3 is 2.68 bits per heavy atom. The van der Waals surface area contributed by atoms with Crippen LogP contribution in [0.5, 0.6) is 0 Å². The summed E-state index contributed by atoms with van der Waals surface area (Å²) in [4.78, 5) is 7.29. The Labute approximate surface area is 117 Å². The molecule has 0 unspecified atom stereocenters. The number of nitrogens with zero attached hydrogens (tertiary/aromatic N) is 2. The van der Waals surface area contributed by atoms with E-state index in [0.29, 0.717) is 0 Å². The van der Waals surface area contributed by atoms with E-state index in [1.807, 2.05) is 6.07 Å². The average molecular weight is 261 g/mol. The second-order valence-corrected chi connectivity index (χ2v) is 5.40.